The number of hydrogen-bond acceptors (Lipinski definition) is 5. The van der Waals surface area contributed by atoms with Crippen LogP contribution in [0.2, 0.25) is 0 Å². The van der Waals surface area contributed by atoms with Gasteiger partial charge in [0.25, 0.3) is 0 Å². The Balaban J connectivity index is 1.89. The maximum Gasteiger partial charge on any atom is 0.155 e. The van der Waals surface area contributed by atoms with Crippen LogP contribution in [0.25, 0.3) is 0 Å². The highest BCUT2D eigenvalue weighted by atomic mass is 16.7. The van der Waals surface area contributed by atoms with Crippen molar-refractivity contribution < 1.29 is 15.1 Å². The predicted molar refractivity (Wildman–Crippen MR) is 52.4 cm³/mol. The Bertz CT molecular complexity index is 350. The van der Waals surface area contributed by atoms with E-state index in [9.17, 15) is 15.1 Å². The number of fused-ring (bicyclic) bond motifs is 6. The van der Waals surface area contributed by atoms with Crippen molar-refractivity contribution in [2.24, 2.45) is 34.9 Å². The molecule has 0 heterocycles. The first kappa shape index (κ1) is 9.99. The van der Waals surface area contributed by atoms with Crippen molar-refractivity contribution >= 4 is 0 Å². The lowest BCUT2D eigenvalue weighted by atomic mass is 9.66. The molecule has 1 fully saturated rings. The molecule has 16 heavy (non-hydrogen) atoms. The van der Waals surface area contributed by atoms with Gasteiger partial charge in [-0.25, -0.2) is 0 Å². The average Bonchev–Trinajstić information content (AvgIpc) is 2.62. The van der Waals surface area contributed by atoms with Crippen LogP contribution in [0.4, 0.5) is 0 Å². The minimum Gasteiger partial charge on any atom is -0.828 e. The molecular weight excluding hydrogens is 210 g/mol. The third-order valence-corrected chi connectivity index (χ3v) is 4.17. The minimum atomic E-state index is -1.90. The molecule has 5 heteroatoms. The smallest absolute Gasteiger partial charge is 0.155 e. The number of hydrogen-bond donors (Lipinski definition) is 1. The van der Waals surface area contributed by atoms with Crippen molar-refractivity contribution in [1.29, 1.82) is 0 Å². The highest BCUT2D eigenvalue weighted by Gasteiger charge is 2.55. The van der Waals surface area contributed by atoms with Gasteiger partial charge in [-0.2, -0.15) is 0 Å². The molecule has 86 valence electrons. The molecule has 0 aromatic heterocycles. The summed E-state index contributed by atoms with van der Waals surface area (Å²) >= 11 is 0. The quantitative estimate of drug-likeness (QED) is 0.314. The van der Waals surface area contributed by atoms with Crippen LogP contribution in [0.15, 0.2) is 29.6 Å². The molecule has 0 aliphatic heterocycles. The SMILES string of the molecule is O=NOCC1C2C=CC1C1C=CC2C1([O-])O. The van der Waals surface area contributed by atoms with Gasteiger partial charge in [0.1, 0.15) is 6.61 Å². The number of rotatable bonds is 3. The van der Waals surface area contributed by atoms with Crippen LogP contribution in [0, 0.1) is 34.5 Å². The third-order valence-electron chi connectivity index (χ3n) is 4.17. The second-order valence-electron chi connectivity index (χ2n) is 4.76. The van der Waals surface area contributed by atoms with Crippen molar-refractivity contribution in [3.05, 3.63) is 29.2 Å². The van der Waals surface area contributed by atoms with Crippen molar-refractivity contribution in [1.82, 2.24) is 0 Å². The molecule has 1 saturated carbocycles. The molecule has 4 atom stereocenters. The van der Waals surface area contributed by atoms with E-state index in [4.69, 9.17) is 0 Å². The van der Waals surface area contributed by atoms with Crippen LogP contribution >= 0.6 is 0 Å². The summed E-state index contributed by atoms with van der Waals surface area (Å²) in [6.07, 6.45) is 7.52. The molecule has 0 radical (unpaired) electrons. The van der Waals surface area contributed by atoms with Crippen LogP contribution in [0.3, 0.4) is 0 Å². The van der Waals surface area contributed by atoms with E-state index < -0.39 is 17.6 Å². The van der Waals surface area contributed by atoms with Crippen molar-refractivity contribution in [3.8, 4) is 0 Å². The van der Waals surface area contributed by atoms with Crippen LogP contribution < -0.4 is 5.11 Å². The predicted octanol–water partition coefficient (Wildman–Crippen LogP) is -0.0325. The Kier molecular flexibility index (Phi) is 1.96. The molecule has 0 amide bonds. The Morgan fingerprint density at radius 2 is 1.81 bits per heavy atom. The van der Waals surface area contributed by atoms with Gasteiger partial charge in [0, 0.05) is 11.7 Å². The van der Waals surface area contributed by atoms with Gasteiger partial charge in [0.15, 0.2) is 5.34 Å². The van der Waals surface area contributed by atoms with E-state index in [1.54, 1.807) is 12.2 Å². The van der Waals surface area contributed by atoms with Crippen molar-refractivity contribution in [2.75, 3.05) is 6.61 Å². The highest BCUT2D eigenvalue weighted by Crippen LogP contribution is 2.55. The van der Waals surface area contributed by atoms with Crippen molar-refractivity contribution in [3.63, 3.8) is 0 Å². The fourth-order valence-electron chi connectivity index (χ4n) is 3.45. The molecule has 1 N–H and O–H groups in total. The van der Waals surface area contributed by atoms with Gasteiger partial charge in [0.05, 0.1) is 0 Å². The maximum absolute atomic E-state index is 12.1. The number of allylic oxidation sites excluding steroid dienone is 2. The van der Waals surface area contributed by atoms with Crippen LogP contribution in [-0.4, -0.2) is 17.5 Å². The topological polar surface area (TPSA) is 82.0 Å². The van der Waals surface area contributed by atoms with Gasteiger partial charge in [-0.05, 0) is 23.7 Å². The molecule has 5 nitrogen and oxygen atoms in total. The van der Waals surface area contributed by atoms with Gasteiger partial charge < -0.3 is 15.1 Å². The lowest BCUT2D eigenvalue weighted by molar-refractivity contribution is -0.577. The summed E-state index contributed by atoms with van der Waals surface area (Å²) in [6.45, 7) is 0.219. The third kappa shape index (κ3) is 1.07. The van der Waals surface area contributed by atoms with Crippen LogP contribution in [0.1, 0.15) is 0 Å². The molecule has 0 spiro atoms. The Hall–Kier alpha value is -1.20. The molecule has 3 aliphatic carbocycles. The maximum atomic E-state index is 12.1. The fourth-order valence-corrected chi connectivity index (χ4v) is 3.45. The average molecular weight is 222 g/mol. The van der Waals surface area contributed by atoms with E-state index >= 15 is 0 Å². The van der Waals surface area contributed by atoms with E-state index in [2.05, 4.69) is 10.2 Å². The zero-order valence-electron chi connectivity index (χ0n) is 8.52. The minimum absolute atomic E-state index is 0.0377. The van der Waals surface area contributed by atoms with E-state index in [-0.39, 0.29) is 24.4 Å². The van der Waals surface area contributed by atoms with E-state index in [0.717, 1.165) is 0 Å². The summed E-state index contributed by atoms with van der Waals surface area (Å²) in [6, 6.07) is 0. The zero-order chi connectivity index (χ0) is 11.3. The Labute approximate surface area is 92.3 Å². The first-order valence-corrected chi connectivity index (χ1v) is 5.40. The number of aliphatic hydroxyl groups is 1. The monoisotopic (exact) mass is 222 g/mol. The summed E-state index contributed by atoms with van der Waals surface area (Å²) in [4.78, 5) is 14.5. The molecule has 4 unspecified atom stereocenters. The zero-order valence-corrected chi connectivity index (χ0v) is 8.52. The van der Waals surface area contributed by atoms with Gasteiger partial charge in [-0.1, -0.05) is 24.3 Å². The van der Waals surface area contributed by atoms with Gasteiger partial charge in [-0.3, -0.25) is 0 Å². The van der Waals surface area contributed by atoms with Gasteiger partial charge >= 0.3 is 0 Å². The Morgan fingerprint density at radius 3 is 2.31 bits per heavy atom. The van der Waals surface area contributed by atoms with E-state index in [1.807, 2.05) is 12.2 Å². The summed E-state index contributed by atoms with van der Waals surface area (Å²) in [5, 5.41) is 24.4. The van der Waals surface area contributed by atoms with Gasteiger partial charge in [0.2, 0.25) is 0 Å². The van der Waals surface area contributed by atoms with E-state index in [0.29, 0.717) is 0 Å². The fraction of sp³-hybridized carbons (Fsp3) is 0.636. The summed E-state index contributed by atoms with van der Waals surface area (Å²) in [5.41, 5.74) is 0. The molecule has 3 aliphatic rings. The largest absolute Gasteiger partial charge is 0.828 e. The number of nitrogens with zero attached hydrogens (tertiary/aromatic N) is 1. The first-order valence-electron chi connectivity index (χ1n) is 5.40. The second kappa shape index (κ2) is 3.15. The summed E-state index contributed by atoms with van der Waals surface area (Å²) in [5.74, 6) is -2.71. The summed E-state index contributed by atoms with van der Waals surface area (Å²) < 4.78 is 0. The molecule has 3 rings (SSSR count). The van der Waals surface area contributed by atoms with Crippen LogP contribution in [-0.2, 0) is 4.84 Å². The van der Waals surface area contributed by atoms with Crippen LogP contribution in [0.5, 0.6) is 0 Å². The normalized spacial score (nSPS) is 52.0. The first-order chi connectivity index (χ1) is 7.66. The lowest BCUT2D eigenvalue weighted by Gasteiger charge is -2.52. The Morgan fingerprint density at radius 1 is 1.25 bits per heavy atom. The highest BCUT2D eigenvalue weighted by molar-refractivity contribution is 5.28. The molecule has 0 aromatic rings. The molecular formula is C11H12NO4-. The van der Waals surface area contributed by atoms with Crippen molar-refractivity contribution in [2.45, 2.75) is 5.79 Å². The molecule has 0 saturated heterocycles. The second-order valence-corrected chi connectivity index (χ2v) is 4.76. The van der Waals surface area contributed by atoms with Gasteiger partial charge in [-0.15, -0.1) is 4.91 Å². The molecule has 0 aromatic carbocycles. The molecule has 4 bridgehead atoms. The lowest BCUT2D eigenvalue weighted by Crippen LogP contribution is -2.60. The van der Waals surface area contributed by atoms with E-state index in [1.165, 1.54) is 0 Å². The summed E-state index contributed by atoms with van der Waals surface area (Å²) in [7, 11) is 0. The standard InChI is InChI=1S/C11H12NO4/c13-11(14)9-3-4-10(11)7-2-1-6(9)8(7)5-16-12-15/h1-4,6-10,13H,5H2/q-1.